The SMILES string of the molecule is C/C(=C(\C=N)C(=O)O)C1CC1.CCCC1(C)CCc2cnn(-c3cccc(-c4cccc(C)c4)c3)c21. The summed E-state index contributed by atoms with van der Waals surface area (Å²) in [6.45, 7) is 8.63. The van der Waals surface area contributed by atoms with Crippen LogP contribution < -0.4 is 0 Å². The topological polar surface area (TPSA) is 79.0 Å². The van der Waals surface area contributed by atoms with Crippen molar-refractivity contribution in [3.63, 3.8) is 0 Å². The molecule has 5 rings (SSSR count). The van der Waals surface area contributed by atoms with Gasteiger partial charge in [-0.3, -0.25) is 0 Å². The highest BCUT2D eigenvalue weighted by Gasteiger charge is 2.37. The summed E-state index contributed by atoms with van der Waals surface area (Å²) in [5.41, 5.74) is 9.10. The summed E-state index contributed by atoms with van der Waals surface area (Å²) in [6.07, 6.45) is 10.0. The first-order valence-electron chi connectivity index (χ1n) is 13.0. The monoisotopic (exact) mass is 483 g/mol. The van der Waals surface area contributed by atoms with Crippen molar-refractivity contribution in [2.45, 2.75) is 71.6 Å². The van der Waals surface area contributed by atoms with Crippen LogP contribution in [0.4, 0.5) is 0 Å². The van der Waals surface area contributed by atoms with Gasteiger partial charge < -0.3 is 10.5 Å². The molecule has 1 unspecified atom stereocenters. The lowest BCUT2D eigenvalue weighted by Crippen LogP contribution is -2.22. The predicted molar refractivity (Wildman–Crippen MR) is 146 cm³/mol. The number of carbonyl (C=O) groups is 1. The van der Waals surface area contributed by atoms with Crippen LogP contribution >= 0.6 is 0 Å². The Hall–Kier alpha value is -3.47. The van der Waals surface area contributed by atoms with E-state index >= 15 is 0 Å². The predicted octanol–water partition coefficient (Wildman–Crippen LogP) is 7.30. The minimum absolute atomic E-state index is 0.160. The van der Waals surface area contributed by atoms with Crippen LogP contribution in [0, 0.1) is 18.3 Å². The fourth-order valence-electron chi connectivity index (χ4n) is 5.45. The van der Waals surface area contributed by atoms with E-state index in [0.717, 1.165) is 31.1 Å². The van der Waals surface area contributed by atoms with Gasteiger partial charge in [0.1, 0.15) is 0 Å². The van der Waals surface area contributed by atoms with Crippen molar-refractivity contribution in [3.8, 4) is 16.8 Å². The molecule has 2 aliphatic rings. The highest BCUT2D eigenvalue weighted by atomic mass is 16.4. The van der Waals surface area contributed by atoms with Crippen molar-refractivity contribution >= 4 is 12.2 Å². The zero-order valence-corrected chi connectivity index (χ0v) is 21.8. The van der Waals surface area contributed by atoms with Gasteiger partial charge in [-0.1, -0.05) is 67.8 Å². The number of fused-ring (bicyclic) bond motifs is 1. The number of aromatic nitrogens is 2. The van der Waals surface area contributed by atoms with Crippen molar-refractivity contribution in [1.82, 2.24) is 9.78 Å². The van der Waals surface area contributed by atoms with Crippen LogP contribution in [-0.2, 0) is 16.6 Å². The third-order valence-corrected chi connectivity index (χ3v) is 7.60. The van der Waals surface area contributed by atoms with Gasteiger partial charge in [-0.05, 0) is 80.7 Å². The molecule has 0 aliphatic heterocycles. The van der Waals surface area contributed by atoms with E-state index in [-0.39, 0.29) is 11.0 Å². The number of aryl methyl sites for hydroxylation is 2. The second-order valence-electron chi connectivity index (χ2n) is 10.5. The van der Waals surface area contributed by atoms with Crippen LogP contribution in [0.15, 0.2) is 65.9 Å². The number of allylic oxidation sites excluding steroid dienone is 1. The van der Waals surface area contributed by atoms with Gasteiger partial charge in [0.15, 0.2) is 0 Å². The standard InChI is InChI=1S/C23H26N2.C8H11NO2/c1-4-12-23(3)13-11-20-16-24-25(22(20)23)21-10-6-9-19(15-21)18-8-5-7-17(2)14-18;1-5(6-2-3-6)7(4-9)8(10)11/h5-10,14-16H,4,11-13H2,1-3H3;4,6,9H,2-3H2,1H3,(H,10,11)/b;7-5-,9-4?. The largest absolute Gasteiger partial charge is 0.478 e. The smallest absolute Gasteiger partial charge is 0.337 e. The Morgan fingerprint density at radius 3 is 2.50 bits per heavy atom. The molecule has 3 aromatic rings. The van der Waals surface area contributed by atoms with Crippen LogP contribution in [0.2, 0.25) is 0 Å². The second kappa shape index (κ2) is 10.7. The highest BCUT2D eigenvalue weighted by Crippen LogP contribution is 2.43. The molecular formula is C31H37N3O2. The summed E-state index contributed by atoms with van der Waals surface area (Å²) >= 11 is 0. The summed E-state index contributed by atoms with van der Waals surface area (Å²) in [5.74, 6) is -0.549. The Labute approximate surface area is 214 Å². The Balaban J connectivity index is 0.000000233. The number of hydrogen-bond donors (Lipinski definition) is 2. The molecule has 1 atom stereocenters. The summed E-state index contributed by atoms with van der Waals surface area (Å²) < 4.78 is 2.19. The van der Waals surface area contributed by atoms with Crippen molar-refractivity contribution in [3.05, 3.63) is 82.7 Å². The zero-order chi connectivity index (χ0) is 25.9. The van der Waals surface area contributed by atoms with Crippen molar-refractivity contribution in [2.75, 3.05) is 0 Å². The summed E-state index contributed by atoms with van der Waals surface area (Å²) in [5, 5.41) is 20.2. The number of hydrogen-bond acceptors (Lipinski definition) is 3. The first-order chi connectivity index (χ1) is 17.3. The quantitative estimate of drug-likeness (QED) is 0.273. The minimum atomic E-state index is -0.982. The maximum absolute atomic E-state index is 10.5. The first kappa shape index (κ1) is 25.6. The lowest BCUT2D eigenvalue weighted by atomic mass is 9.83. The first-order valence-corrected chi connectivity index (χ1v) is 13.0. The van der Waals surface area contributed by atoms with Crippen molar-refractivity contribution < 1.29 is 9.90 Å². The van der Waals surface area contributed by atoms with E-state index < -0.39 is 5.97 Å². The van der Waals surface area contributed by atoms with E-state index in [1.165, 1.54) is 52.9 Å². The number of carboxylic acid groups (broad SMARTS) is 1. The Bertz CT molecular complexity index is 1300. The maximum Gasteiger partial charge on any atom is 0.337 e. The van der Waals surface area contributed by atoms with Crippen LogP contribution in [0.25, 0.3) is 16.8 Å². The van der Waals surface area contributed by atoms with Gasteiger partial charge in [0.2, 0.25) is 0 Å². The molecule has 0 amide bonds. The van der Waals surface area contributed by atoms with E-state index in [0.29, 0.717) is 5.92 Å². The summed E-state index contributed by atoms with van der Waals surface area (Å²) in [7, 11) is 0. The molecule has 1 fully saturated rings. The van der Waals surface area contributed by atoms with E-state index in [4.69, 9.17) is 15.6 Å². The zero-order valence-electron chi connectivity index (χ0n) is 21.8. The summed E-state index contributed by atoms with van der Waals surface area (Å²) in [6, 6.07) is 17.5. The maximum atomic E-state index is 10.5. The molecule has 188 valence electrons. The second-order valence-corrected chi connectivity index (χ2v) is 10.5. The molecule has 1 heterocycles. The van der Waals surface area contributed by atoms with Crippen LogP contribution in [0.1, 0.15) is 69.7 Å². The van der Waals surface area contributed by atoms with Crippen LogP contribution in [0.5, 0.6) is 0 Å². The third kappa shape index (κ3) is 5.35. The van der Waals surface area contributed by atoms with Crippen LogP contribution in [-0.4, -0.2) is 27.1 Å². The lowest BCUT2D eigenvalue weighted by Gasteiger charge is -2.26. The van der Waals surface area contributed by atoms with Gasteiger partial charge in [-0.25, -0.2) is 9.48 Å². The molecule has 0 radical (unpaired) electrons. The van der Waals surface area contributed by atoms with Gasteiger partial charge in [0.25, 0.3) is 0 Å². The minimum Gasteiger partial charge on any atom is -0.478 e. The molecule has 1 aromatic heterocycles. The lowest BCUT2D eigenvalue weighted by molar-refractivity contribution is -0.132. The Morgan fingerprint density at radius 2 is 1.89 bits per heavy atom. The number of carboxylic acids is 1. The number of nitrogens with zero attached hydrogens (tertiary/aromatic N) is 2. The fourth-order valence-corrected chi connectivity index (χ4v) is 5.45. The molecule has 2 N–H and O–H groups in total. The molecule has 0 spiro atoms. The number of nitrogens with one attached hydrogen (secondary N) is 1. The van der Waals surface area contributed by atoms with Gasteiger partial charge in [0.05, 0.1) is 23.2 Å². The van der Waals surface area contributed by atoms with Crippen molar-refractivity contribution in [2.24, 2.45) is 5.92 Å². The molecule has 0 saturated heterocycles. The molecule has 5 heteroatoms. The van der Waals surface area contributed by atoms with E-state index in [1.807, 2.05) is 0 Å². The van der Waals surface area contributed by atoms with Gasteiger partial charge >= 0.3 is 5.97 Å². The normalized spacial score (nSPS) is 19.1. The highest BCUT2D eigenvalue weighted by molar-refractivity contribution is 6.08. The van der Waals surface area contributed by atoms with Gasteiger partial charge in [-0.2, -0.15) is 5.10 Å². The number of rotatable bonds is 7. The molecule has 1 saturated carbocycles. The Kier molecular flexibility index (Phi) is 7.58. The van der Waals surface area contributed by atoms with Gasteiger partial charge in [-0.15, -0.1) is 0 Å². The van der Waals surface area contributed by atoms with E-state index in [9.17, 15) is 4.79 Å². The average molecular weight is 484 g/mol. The molecular weight excluding hydrogens is 446 g/mol. The third-order valence-electron chi connectivity index (χ3n) is 7.60. The Morgan fingerprint density at radius 1 is 1.19 bits per heavy atom. The van der Waals surface area contributed by atoms with E-state index in [2.05, 4.69) is 80.2 Å². The molecule has 2 aliphatic carbocycles. The van der Waals surface area contributed by atoms with Crippen molar-refractivity contribution in [1.29, 1.82) is 5.41 Å². The number of aliphatic carboxylic acids is 1. The number of benzene rings is 2. The summed E-state index contributed by atoms with van der Waals surface area (Å²) in [4.78, 5) is 10.5. The molecule has 0 bridgehead atoms. The fraction of sp³-hybridized carbons (Fsp3) is 0.387. The average Bonchev–Trinajstić information content (AvgIpc) is 3.54. The molecule has 5 nitrogen and oxygen atoms in total. The molecule has 2 aromatic carbocycles. The van der Waals surface area contributed by atoms with Crippen LogP contribution in [0.3, 0.4) is 0 Å². The van der Waals surface area contributed by atoms with Gasteiger partial charge in [0, 0.05) is 11.6 Å². The van der Waals surface area contributed by atoms with E-state index in [1.54, 1.807) is 6.92 Å². The molecule has 36 heavy (non-hydrogen) atoms.